The zero-order chi connectivity index (χ0) is 17.5. The Hall–Kier alpha value is -2.75. The predicted molar refractivity (Wildman–Crippen MR) is 102 cm³/mol. The van der Waals surface area contributed by atoms with Crippen molar-refractivity contribution in [1.29, 1.82) is 0 Å². The average molecular weight is 346 g/mol. The molecule has 1 atom stereocenters. The van der Waals surface area contributed by atoms with E-state index in [1.54, 1.807) is 0 Å². The van der Waals surface area contributed by atoms with Gasteiger partial charge in [0.05, 0.1) is 23.7 Å². The van der Waals surface area contributed by atoms with E-state index in [0.29, 0.717) is 6.61 Å². The van der Waals surface area contributed by atoms with Crippen LogP contribution in [0.15, 0.2) is 42.5 Å². The first kappa shape index (κ1) is 15.5. The Kier molecular flexibility index (Phi) is 3.70. The number of carbonyl (C=O) groups is 1. The minimum Gasteiger partial charge on any atom is -0.493 e. The molecule has 1 aliphatic carbocycles. The van der Waals surface area contributed by atoms with E-state index in [4.69, 9.17) is 4.74 Å². The minimum atomic E-state index is -0.0177. The topological polar surface area (TPSA) is 54.1 Å². The highest BCUT2D eigenvalue weighted by atomic mass is 16.5. The van der Waals surface area contributed by atoms with Crippen LogP contribution in [-0.2, 0) is 12.8 Å². The smallest absolute Gasteiger partial charge is 0.253 e. The molecule has 4 nitrogen and oxygen atoms in total. The summed E-state index contributed by atoms with van der Waals surface area (Å²) in [7, 11) is 0. The van der Waals surface area contributed by atoms with Crippen molar-refractivity contribution >= 4 is 16.8 Å². The number of aromatic nitrogens is 1. The molecule has 0 saturated carbocycles. The van der Waals surface area contributed by atoms with Crippen LogP contribution in [0, 0.1) is 0 Å². The molecule has 0 unspecified atom stereocenters. The first-order valence-corrected chi connectivity index (χ1v) is 9.46. The Morgan fingerprint density at radius 2 is 1.96 bits per heavy atom. The molecule has 2 heterocycles. The van der Waals surface area contributed by atoms with Crippen molar-refractivity contribution in [2.75, 3.05) is 6.61 Å². The Labute approximate surface area is 152 Å². The average Bonchev–Trinajstić information content (AvgIpc) is 3.07. The molecule has 132 valence electrons. The highest BCUT2D eigenvalue weighted by molar-refractivity contribution is 6.07. The SMILES string of the molecule is O=C(N[C@H]1CCOc2ccccc21)c1cccc2c3c([nH]c12)CCCC3. The number of aromatic amines is 1. The van der Waals surface area contributed by atoms with Crippen molar-refractivity contribution < 1.29 is 9.53 Å². The lowest BCUT2D eigenvalue weighted by molar-refractivity contribution is 0.0926. The van der Waals surface area contributed by atoms with Gasteiger partial charge in [-0.05, 0) is 43.4 Å². The van der Waals surface area contributed by atoms with E-state index >= 15 is 0 Å². The van der Waals surface area contributed by atoms with E-state index in [9.17, 15) is 4.79 Å². The summed E-state index contributed by atoms with van der Waals surface area (Å²) in [4.78, 5) is 16.6. The van der Waals surface area contributed by atoms with Gasteiger partial charge in [-0.3, -0.25) is 4.79 Å². The fourth-order valence-electron chi connectivity index (χ4n) is 4.35. The molecule has 26 heavy (non-hydrogen) atoms. The third-order valence-electron chi connectivity index (χ3n) is 5.64. The number of amides is 1. The molecule has 0 saturated heterocycles. The van der Waals surface area contributed by atoms with E-state index < -0.39 is 0 Å². The number of hydrogen-bond donors (Lipinski definition) is 2. The van der Waals surface area contributed by atoms with Crippen molar-refractivity contribution in [3.63, 3.8) is 0 Å². The van der Waals surface area contributed by atoms with Crippen LogP contribution in [0.3, 0.4) is 0 Å². The predicted octanol–water partition coefficient (Wildman–Crippen LogP) is 4.30. The minimum absolute atomic E-state index is 0.00714. The molecule has 1 amide bonds. The molecule has 0 radical (unpaired) electrons. The van der Waals surface area contributed by atoms with E-state index in [0.717, 1.165) is 41.7 Å². The van der Waals surface area contributed by atoms with Gasteiger partial charge in [-0.2, -0.15) is 0 Å². The summed E-state index contributed by atoms with van der Waals surface area (Å²) in [5.74, 6) is 0.855. The van der Waals surface area contributed by atoms with Gasteiger partial charge in [0.25, 0.3) is 5.91 Å². The fourth-order valence-corrected chi connectivity index (χ4v) is 4.35. The maximum atomic E-state index is 13.1. The van der Waals surface area contributed by atoms with Crippen LogP contribution in [0.4, 0.5) is 0 Å². The van der Waals surface area contributed by atoms with Gasteiger partial charge in [0.1, 0.15) is 5.75 Å². The van der Waals surface area contributed by atoms with Gasteiger partial charge in [-0.25, -0.2) is 0 Å². The van der Waals surface area contributed by atoms with Crippen LogP contribution < -0.4 is 10.1 Å². The Balaban J connectivity index is 1.49. The van der Waals surface area contributed by atoms with Crippen LogP contribution in [0.5, 0.6) is 5.75 Å². The fraction of sp³-hybridized carbons (Fsp3) is 0.318. The van der Waals surface area contributed by atoms with Gasteiger partial charge >= 0.3 is 0 Å². The van der Waals surface area contributed by atoms with E-state index in [2.05, 4.69) is 16.4 Å². The summed E-state index contributed by atoms with van der Waals surface area (Å²) in [5.41, 5.74) is 5.49. The quantitative estimate of drug-likeness (QED) is 0.727. The van der Waals surface area contributed by atoms with E-state index in [-0.39, 0.29) is 11.9 Å². The molecule has 1 aromatic heterocycles. The normalized spacial score (nSPS) is 18.7. The molecule has 0 fully saturated rings. The third kappa shape index (κ3) is 2.48. The second-order valence-electron chi connectivity index (χ2n) is 7.22. The van der Waals surface area contributed by atoms with Crippen molar-refractivity contribution in [2.24, 2.45) is 0 Å². The summed E-state index contributed by atoms with van der Waals surface area (Å²) in [6, 6.07) is 14.0. The summed E-state index contributed by atoms with van der Waals surface area (Å²) in [6.07, 6.45) is 5.43. The number of hydrogen-bond acceptors (Lipinski definition) is 2. The second-order valence-corrected chi connectivity index (χ2v) is 7.22. The van der Waals surface area contributed by atoms with Gasteiger partial charge in [0.15, 0.2) is 0 Å². The molecule has 0 spiro atoms. The van der Waals surface area contributed by atoms with Crippen molar-refractivity contribution in [1.82, 2.24) is 10.3 Å². The van der Waals surface area contributed by atoms with Crippen molar-refractivity contribution in [2.45, 2.75) is 38.1 Å². The Bertz CT molecular complexity index is 989. The molecule has 5 rings (SSSR count). The van der Waals surface area contributed by atoms with Crippen LogP contribution in [-0.4, -0.2) is 17.5 Å². The maximum Gasteiger partial charge on any atom is 0.253 e. The largest absolute Gasteiger partial charge is 0.493 e. The highest BCUT2D eigenvalue weighted by Gasteiger charge is 2.25. The summed E-state index contributed by atoms with van der Waals surface area (Å²) < 4.78 is 5.71. The van der Waals surface area contributed by atoms with E-state index in [1.807, 2.05) is 36.4 Å². The molecular weight excluding hydrogens is 324 g/mol. The molecule has 2 aromatic carbocycles. The molecule has 2 N–H and O–H groups in total. The van der Waals surface area contributed by atoms with Gasteiger partial charge in [-0.15, -0.1) is 0 Å². The third-order valence-corrected chi connectivity index (χ3v) is 5.64. The van der Waals surface area contributed by atoms with E-state index in [1.165, 1.54) is 29.5 Å². The standard InChI is InChI=1S/C22H22N2O2/c25-22(24-19-12-13-26-20-11-4-2-7-16(19)20)17-9-5-8-15-14-6-1-3-10-18(14)23-21(15)17/h2,4-5,7-9,11,19,23H,1,3,6,10,12-13H2,(H,24,25)/t19-/m0/s1. The monoisotopic (exact) mass is 346 g/mol. The molecule has 2 aliphatic rings. The Morgan fingerprint density at radius 3 is 2.92 bits per heavy atom. The second kappa shape index (κ2) is 6.20. The number of carbonyl (C=O) groups excluding carboxylic acids is 1. The number of rotatable bonds is 2. The number of para-hydroxylation sites is 2. The number of benzene rings is 2. The van der Waals surface area contributed by atoms with Crippen LogP contribution in [0.1, 0.15) is 52.5 Å². The van der Waals surface area contributed by atoms with Gasteiger partial charge in [-0.1, -0.05) is 30.3 Å². The summed E-state index contributed by atoms with van der Waals surface area (Å²) in [6.45, 7) is 0.628. The zero-order valence-electron chi connectivity index (χ0n) is 14.7. The maximum absolute atomic E-state index is 13.1. The van der Waals surface area contributed by atoms with Crippen LogP contribution in [0.25, 0.3) is 10.9 Å². The van der Waals surface area contributed by atoms with Gasteiger partial charge < -0.3 is 15.0 Å². The zero-order valence-corrected chi connectivity index (χ0v) is 14.7. The van der Waals surface area contributed by atoms with Gasteiger partial charge in [0.2, 0.25) is 0 Å². The lowest BCUT2D eigenvalue weighted by atomic mass is 9.95. The van der Waals surface area contributed by atoms with Crippen molar-refractivity contribution in [3.8, 4) is 5.75 Å². The summed E-state index contributed by atoms with van der Waals surface area (Å²) >= 11 is 0. The van der Waals surface area contributed by atoms with Crippen LogP contribution >= 0.6 is 0 Å². The number of H-pyrrole nitrogens is 1. The number of fused-ring (bicyclic) bond motifs is 4. The first-order chi connectivity index (χ1) is 12.8. The lowest BCUT2D eigenvalue weighted by Gasteiger charge is -2.26. The van der Waals surface area contributed by atoms with Gasteiger partial charge in [0, 0.05) is 23.1 Å². The molecule has 0 bridgehead atoms. The first-order valence-electron chi connectivity index (χ1n) is 9.46. The van der Waals surface area contributed by atoms with Crippen LogP contribution in [0.2, 0.25) is 0 Å². The van der Waals surface area contributed by atoms with Crippen molar-refractivity contribution in [3.05, 3.63) is 64.8 Å². The highest BCUT2D eigenvalue weighted by Crippen LogP contribution is 2.33. The Morgan fingerprint density at radius 1 is 1.08 bits per heavy atom. The molecular formula is C22H22N2O2. The lowest BCUT2D eigenvalue weighted by Crippen LogP contribution is -2.32. The molecule has 4 heteroatoms. The molecule has 1 aliphatic heterocycles. The number of ether oxygens (including phenoxy) is 1. The number of aryl methyl sites for hydroxylation is 2. The molecule has 3 aromatic rings. The number of nitrogens with one attached hydrogen (secondary N) is 2. The summed E-state index contributed by atoms with van der Waals surface area (Å²) in [5, 5.41) is 4.43.